The number of carbonyl (C=O) groups excluding carboxylic acids is 2. The number of nitrogens with zero attached hydrogens (tertiary/aromatic N) is 2. The number of hydrogen-bond acceptors (Lipinski definition) is 5. The van der Waals surface area contributed by atoms with E-state index >= 15 is 0 Å². The monoisotopic (exact) mass is 349 g/mol. The maximum Gasteiger partial charge on any atom is 0.227 e. The first-order chi connectivity index (χ1) is 12.0. The van der Waals surface area contributed by atoms with Gasteiger partial charge < -0.3 is 24.6 Å². The number of anilines is 1. The van der Waals surface area contributed by atoms with E-state index < -0.39 is 0 Å². The molecule has 0 bridgehead atoms. The van der Waals surface area contributed by atoms with Crippen LogP contribution in [0.4, 0.5) is 5.69 Å². The molecule has 2 amide bonds. The highest BCUT2D eigenvalue weighted by Gasteiger charge is 2.36. The average Bonchev–Trinajstić information content (AvgIpc) is 2.99. The van der Waals surface area contributed by atoms with Crippen LogP contribution in [0.3, 0.4) is 0 Å². The molecule has 7 heteroatoms. The number of nitrogens with one attached hydrogen (secondary N) is 1. The molecule has 1 saturated heterocycles. The summed E-state index contributed by atoms with van der Waals surface area (Å²) in [5, 5.41) is 2.92. The summed E-state index contributed by atoms with van der Waals surface area (Å²) in [5.74, 6) is 0.736. The molecule has 1 heterocycles. The Balaban J connectivity index is 1.99. The Hall–Kier alpha value is -2.28. The van der Waals surface area contributed by atoms with E-state index in [1.165, 1.54) is 0 Å². The van der Waals surface area contributed by atoms with Crippen LogP contribution >= 0.6 is 0 Å². The van der Waals surface area contributed by atoms with Gasteiger partial charge in [0.25, 0.3) is 0 Å². The fourth-order valence-corrected chi connectivity index (χ4v) is 2.88. The van der Waals surface area contributed by atoms with Gasteiger partial charge in [-0.05, 0) is 39.2 Å². The van der Waals surface area contributed by atoms with Gasteiger partial charge in [0.15, 0.2) is 0 Å². The van der Waals surface area contributed by atoms with Crippen molar-refractivity contribution in [3.05, 3.63) is 18.2 Å². The summed E-state index contributed by atoms with van der Waals surface area (Å²) in [4.78, 5) is 28.4. The third-order valence-corrected chi connectivity index (χ3v) is 4.25. The van der Waals surface area contributed by atoms with Gasteiger partial charge in [-0.3, -0.25) is 9.59 Å². The van der Waals surface area contributed by atoms with Crippen molar-refractivity contribution in [2.24, 2.45) is 5.92 Å². The molecule has 1 atom stereocenters. The normalized spacial score (nSPS) is 17.1. The molecule has 1 N–H and O–H groups in total. The van der Waals surface area contributed by atoms with Crippen molar-refractivity contribution in [3.8, 4) is 11.5 Å². The fraction of sp³-hybridized carbons (Fsp3) is 0.556. The Morgan fingerprint density at radius 1 is 1.32 bits per heavy atom. The van der Waals surface area contributed by atoms with Gasteiger partial charge in [-0.15, -0.1) is 0 Å². The molecule has 1 unspecified atom stereocenters. The Kier molecular flexibility index (Phi) is 6.64. The van der Waals surface area contributed by atoms with E-state index in [9.17, 15) is 9.59 Å². The summed E-state index contributed by atoms with van der Waals surface area (Å²) in [5.41, 5.74) is 0.663. The highest BCUT2D eigenvalue weighted by molar-refractivity contribution is 6.01. The lowest BCUT2D eigenvalue weighted by molar-refractivity contribution is -0.126. The molecule has 1 fully saturated rings. The molecule has 2 rings (SSSR count). The second-order valence-electron chi connectivity index (χ2n) is 6.39. The first-order valence-corrected chi connectivity index (χ1v) is 8.41. The Morgan fingerprint density at radius 2 is 2.08 bits per heavy atom. The van der Waals surface area contributed by atoms with Crippen LogP contribution in [-0.4, -0.2) is 64.7 Å². The molecule has 138 valence electrons. The Morgan fingerprint density at radius 3 is 2.72 bits per heavy atom. The van der Waals surface area contributed by atoms with E-state index in [4.69, 9.17) is 9.47 Å². The summed E-state index contributed by atoms with van der Waals surface area (Å²) in [6.07, 6.45) is 1.10. The predicted octanol–water partition coefficient (Wildman–Crippen LogP) is 1.12. The van der Waals surface area contributed by atoms with Crippen LogP contribution in [0.1, 0.15) is 12.8 Å². The van der Waals surface area contributed by atoms with E-state index in [-0.39, 0.29) is 24.2 Å². The molecule has 0 spiro atoms. The van der Waals surface area contributed by atoms with Gasteiger partial charge in [-0.1, -0.05) is 0 Å². The molecule has 1 aromatic carbocycles. The average molecular weight is 349 g/mol. The quantitative estimate of drug-likeness (QED) is 0.712. The standard InChI is InChI=1S/C18H27N3O4/c1-20(2)9-5-8-19-18(23)13-10-17(22)21(12-13)15-7-6-14(24-3)11-16(15)25-4/h6-7,11,13H,5,8-10,12H2,1-4H3,(H,19,23). The molecule has 1 aliphatic rings. The number of hydrogen-bond donors (Lipinski definition) is 1. The number of carbonyl (C=O) groups is 2. The molecule has 1 aliphatic heterocycles. The second-order valence-corrected chi connectivity index (χ2v) is 6.39. The van der Waals surface area contributed by atoms with Gasteiger partial charge in [-0.2, -0.15) is 0 Å². The third-order valence-electron chi connectivity index (χ3n) is 4.25. The highest BCUT2D eigenvalue weighted by Crippen LogP contribution is 2.35. The van der Waals surface area contributed by atoms with Crippen molar-refractivity contribution in [2.45, 2.75) is 12.8 Å². The summed E-state index contributed by atoms with van der Waals surface area (Å²) >= 11 is 0. The molecule has 0 radical (unpaired) electrons. The van der Waals surface area contributed by atoms with Crippen molar-refractivity contribution in [2.75, 3.05) is 52.8 Å². The lowest BCUT2D eigenvalue weighted by atomic mass is 10.1. The summed E-state index contributed by atoms with van der Waals surface area (Å²) in [6, 6.07) is 5.30. The highest BCUT2D eigenvalue weighted by atomic mass is 16.5. The topological polar surface area (TPSA) is 71.1 Å². The summed E-state index contributed by atoms with van der Waals surface area (Å²) in [6.45, 7) is 1.90. The first-order valence-electron chi connectivity index (χ1n) is 8.41. The SMILES string of the molecule is COc1ccc(N2CC(C(=O)NCCCN(C)C)CC2=O)c(OC)c1. The minimum atomic E-state index is -0.335. The van der Waals surface area contributed by atoms with Gasteiger partial charge in [0.05, 0.1) is 25.8 Å². The molecular formula is C18H27N3O4. The van der Waals surface area contributed by atoms with Gasteiger partial charge in [0, 0.05) is 25.6 Å². The maximum absolute atomic E-state index is 12.4. The zero-order valence-corrected chi connectivity index (χ0v) is 15.4. The van der Waals surface area contributed by atoms with Crippen LogP contribution in [0.15, 0.2) is 18.2 Å². The molecule has 25 heavy (non-hydrogen) atoms. The van der Waals surface area contributed by atoms with Crippen LogP contribution in [0.2, 0.25) is 0 Å². The number of ether oxygens (including phenoxy) is 2. The van der Waals surface area contributed by atoms with Crippen molar-refractivity contribution >= 4 is 17.5 Å². The van der Waals surface area contributed by atoms with Crippen LogP contribution in [0, 0.1) is 5.92 Å². The number of benzene rings is 1. The smallest absolute Gasteiger partial charge is 0.227 e. The summed E-state index contributed by atoms with van der Waals surface area (Å²) < 4.78 is 10.5. The van der Waals surface area contributed by atoms with Crippen LogP contribution in [0.25, 0.3) is 0 Å². The third kappa shape index (κ3) is 4.85. The number of rotatable bonds is 8. The largest absolute Gasteiger partial charge is 0.497 e. The molecule has 1 aromatic rings. The van der Waals surface area contributed by atoms with E-state index in [1.807, 2.05) is 14.1 Å². The number of methoxy groups -OCH3 is 2. The minimum Gasteiger partial charge on any atom is -0.497 e. The van der Waals surface area contributed by atoms with Crippen molar-refractivity contribution in [1.82, 2.24) is 10.2 Å². The van der Waals surface area contributed by atoms with Gasteiger partial charge >= 0.3 is 0 Å². The zero-order valence-electron chi connectivity index (χ0n) is 15.4. The molecule has 7 nitrogen and oxygen atoms in total. The fourth-order valence-electron chi connectivity index (χ4n) is 2.88. The lowest BCUT2D eigenvalue weighted by Crippen LogP contribution is -2.34. The van der Waals surface area contributed by atoms with E-state index in [1.54, 1.807) is 37.3 Å². The van der Waals surface area contributed by atoms with E-state index in [2.05, 4.69) is 10.2 Å². The predicted molar refractivity (Wildman–Crippen MR) is 96.2 cm³/mol. The Bertz CT molecular complexity index is 618. The second kappa shape index (κ2) is 8.71. The maximum atomic E-state index is 12.4. The molecule has 0 aliphatic carbocycles. The van der Waals surface area contributed by atoms with E-state index in [0.717, 1.165) is 13.0 Å². The van der Waals surface area contributed by atoms with Gasteiger partial charge in [0.1, 0.15) is 11.5 Å². The van der Waals surface area contributed by atoms with Crippen molar-refractivity contribution in [3.63, 3.8) is 0 Å². The van der Waals surface area contributed by atoms with Crippen LogP contribution < -0.4 is 19.7 Å². The van der Waals surface area contributed by atoms with E-state index in [0.29, 0.717) is 30.3 Å². The molecule has 0 aromatic heterocycles. The minimum absolute atomic E-state index is 0.0675. The summed E-state index contributed by atoms with van der Waals surface area (Å²) in [7, 11) is 7.12. The number of amides is 2. The van der Waals surface area contributed by atoms with Gasteiger partial charge in [-0.25, -0.2) is 0 Å². The molecule has 0 saturated carbocycles. The van der Waals surface area contributed by atoms with Crippen molar-refractivity contribution < 1.29 is 19.1 Å². The Labute approximate surface area is 148 Å². The first kappa shape index (κ1) is 19.1. The zero-order chi connectivity index (χ0) is 18.4. The van der Waals surface area contributed by atoms with Crippen molar-refractivity contribution in [1.29, 1.82) is 0 Å². The van der Waals surface area contributed by atoms with Crippen LogP contribution in [-0.2, 0) is 9.59 Å². The lowest BCUT2D eigenvalue weighted by Gasteiger charge is -2.20. The van der Waals surface area contributed by atoms with Gasteiger partial charge in [0.2, 0.25) is 11.8 Å². The molecular weight excluding hydrogens is 322 g/mol. The van der Waals surface area contributed by atoms with Crippen LogP contribution in [0.5, 0.6) is 11.5 Å².